The Morgan fingerprint density at radius 1 is 0.431 bits per heavy atom. The molecular formula is C47H35N3O. The van der Waals surface area contributed by atoms with Crippen molar-refractivity contribution in [1.82, 2.24) is 15.0 Å². The summed E-state index contributed by atoms with van der Waals surface area (Å²) in [6.07, 6.45) is 0. The summed E-state index contributed by atoms with van der Waals surface area (Å²) in [6, 6.07) is 49.1. The van der Waals surface area contributed by atoms with Gasteiger partial charge in [-0.05, 0) is 61.3 Å². The van der Waals surface area contributed by atoms with E-state index in [0.29, 0.717) is 17.5 Å². The Morgan fingerprint density at radius 3 is 1.90 bits per heavy atom. The van der Waals surface area contributed by atoms with Gasteiger partial charge in [0.15, 0.2) is 17.5 Å². The molecule has 0 saturated carbocycles. The molecule has 1 aliphatic carbocycles. The van der Waals surface area contributed by atoms with Crippen LogP contribution in [0.2, 0.25) is 0 Å². The van der Waals surface area contributed by atoms with Crippen molar-refractivity contribution in [2.45, 2.75) is 38.5 Å². The fraction of sp³-hybridized carbons (Fsp3) is 0.128. The van der Waals surface area contributed by atoms with Crippen LogP contribution in [-0.2, 0) is 10.8 Å². The average Bonchev–Trinajstić information content (AvgIpc) is 3.56. The lowest BCUT2D eigenvalue weighted by Crippen LogP contribution is -2.43. The van der Waals surface area contributed by atoms with Crippen LogP contribution in [0.5, 0.6) is 0 Å². The Balaban J connectivity index is 1.30. The molecule has 10 rings (SSSR count). The van der Waals surface area contributed by atoms with E-state index in [-0.39, 0.29) is 10.8 Å². The largest absolute Gasteiger partial charge is 0.456 e. The summed E-state index contributed by atoms with van der Waals surface area (Å²) >= 11 is 0. The van der Waals surface area contributed by atoms with Gasteiger partial charge in [0.1, 0.15) is 11.2 Å². The van der Waals surface area contributed by atoms with Crippen molar-refractivity contribution in [3.63, 3.8) is 0 Å². The maximum absolute atomic E-state index is 6.29. The van der Waals surface area contributed by atoms with E-state index in [1.54, 1.807) is 0 Å². The highest BCUT2D eigenvalue weighted by Gasteiger charge is 2.47. The monoisotopic (exact) mass is 657 g/mol. The molecule has 0 unspecified atom stereocenters. The van der Waals surface area contributed by atoms with E-state index in [9.17, 15) is 0 Å². The molecule has 2 aromatic heterocycles. The van der Waals surface area contributed by atoms with Crippen molar-refractivity contribution >= 4 is 43.5 Å². The van der Waals surface area contributed by atoms with E-state index in [1.165, 1.54) is 43.8 Å². The van der Waals surface area contributed by atoms with E-state index in [1.807, 2.05) is 48.5 Å². The lowest BCUT2D eigenvalue weighted by atomic mass is 9.54. The summed E-state index contributed by atoms with van der Waals surface area (Å²) in [6.45, 7) is 9.60. The Kier molecular flexibility index (Phi) is 6.23. The Hall–Kier alpha value is -6.13. The molecule has 0 amide bonds. The molecule has 0 aliphatic heterocycles. The van der Waals surface area contributed by atoms with Gasteiger partial charge in [-0.3, -0.25) is 0 Å². The van der Waals surface area contributed by atoms with Gasteiger partial charge in [-0.15, -0.1) is 0 Å². The second kappa shape index (κ2) is 10.7. The molecular weight excluding hydrogens is 623 g/mol. The van der Waals surface area contributed by atoms with Gasteiger partial charge in [-0.1, -0.05) is 155 Å². The molecule has 4 heteroatoms. The zero-order chi connectivity index (χ0) is 34.5. The minimum Gasteiger partial charge on any atom is -0.456 e. The van der Waals surface area contributed by atoms with E-state index in [0.717, 1.165) is 38.6 Å². The van der Waals surface area contributed by atoms with E-state index < -0.39 is 0 Å². The number of rotatable bonds is 3. The third kappa shape index (κ3) is 4.23. The molecule has 9 aromatic rings. The molecule has 7 aromatic carbocycles. The lowest BCUT2D eigenvalue weighted by molar-refractivity contribution is 0.301. The molecule has 1 aliphatic rings. The molecule has 51 heavy (non-hydrogen) atoms. The summed E-state index contributed by atoms with van der Waals surface area (Å²) in [4.78, 5) is 15.8. The highest BCUT2D eigenvalue weighted by atomic mass is 16.3. The van der Waals surface area contributed by atoms with Gasteiger partial charge in [-0.25, -0.2) is 15.0 Å². The highest BCUT2D eigenvalue weighted by molar-refractivity contribution is 6.13. The van der Waals surface area contributed by atoms with Crippen LogP contribution in [0.1, 0.15) is 38.8 Å². The molecule has 0 saturated heterocycles. The van der Waals surface area contributed by atoms with Crippen LogP contribution in [0.4, 0.5) is 0 Å². The Labute approximate surface area is 296 Å². The second-order valence-corrected chi connectivity index (χ2v) is 14.8. The first-order valence-electron chi connectivity index (χ1n) is 17.6. The van der Waals surface area contributed by atoms with Crippen LogP contribution in [-0.4, -0.2) is 15.0 Å². The molecule has 4 nitrogen and oxygen atoms in total. The number of hydrogen-bond acceptors (Lipinski definition) is 4. The number of fused-ring (bicyclic) bond motifs is 10. The van der Waals surface area contributed by atoms with Crippen LogP contribution in [0.25, 0.3) is 88.8 Å². The van der Waals surface area contributed by atoms with E-state index in [4.69, 9.17) is 19.4 Å². The van der Waals surface area contributed by atoms with Crippen molar-refractivity contribution in [2.24, 2.45) is 0 Å². The average molecular weight is 658 g/mol. The smallest absolute Gasteiger partial charge is 0.164 e. The molecule has 0 bridgehead atoms. The summed E-state index contributed by atoms with van der Waals surface area (Å²) in [5.74, 6) is 1.91. The number of nitrogens with zero attached hydrogens (tertiary/aromatic N) is 3. The maximum atomic E-state index is 6.29. The van der Waals surface area contributed by atoms with Crippen LogP contribution in [0, 0.1) is 0 Å². The topological polar surface area (TPSA) is 51.8 Å². The predicted molar refractivity (Wildman–Crippen MR) is 210 cm³/mol. The summed E-state index contributed by atoms with van der Waals surface area (Å²) < 4.78 is 6.29. The molecule has 0 spiro atoms. The van der Waals surface area contributed by atoms with Gasteiger partial charge in [-0.2, -0.15) is 0 Å². The molecule has 0 atom stereocenters. The first kappa shape index (κ1) is 29.8. The van der Waals surface area contributed by atoms with Crippen LogP contribution in [0.15, 0.2) is 144 Å². The standard InChI is InChI=1S/C47H35N3O/c1-46(2)36-21-12-19-34(40(36)33-27-26-29-25-24-28-14-8-9-17-31(28)39(29)42(33)47(46,3)4)44-48-43(30-15-6-5-7-16-30)49-45(50-44)35-20-13-23-38-41(35)32-18-10-11-22-37(32)51-38/h5-27H,1-4H3. The van der Waals surface area contributed by atoms with E-state index in [2.05, 4.69) is 119 Å². The van der Waals surface area contributed by atoms with Crippen LogP contribution < -0.4 is 0 Å². The molecule has 244 valence electrons. The van der Waals surface area contributed by atoms with Crippen LogP contribution >= 0.6 is 0 Å². The number of benzene rings is 7. The first-order valence-corrected chi connectivity index (χ1v) is 17.6. The van der Waals surface area contributed by atoms with Gasteiger partial charge in [0.2, 0.25) is 0 Å². The fourth-order valence-electron chi connectivity index (χ4n) is 8.45. The zero-order valence-corrected chi connectivity index (χ0v) is 29.0. The third-order valence-corrected chi connectivity index (χ3v) is 11.7. The van der Waals surface area contributed by atoms with Gasteiger partial charge < -0.3 is 4.42 Å². The first-order chi connectivity index (χ1) is 24.8. The summed E-state index contributed by atoms with van der Waals surface area (Å²) in [7, 11) is 0. The lowest BCUT2D eigenvalue weighted by Gasteiger charge is -2.49. The van der Waals surface area contributed by atoms with Gasteiger partial charge in [0.05, 0.1) is 0 Å². The van der Waals surface area contributed by atoms with Gasteiger partial charge in [0.25, 0.3) is 0 Å². The molecule has 0 radical (unpaired) electrons. The molecule has 2 heterocycles. The highest BCUT2D eigenvalue weighted by Crippen LogP contribution is 2.58. The molecule has 0 N–H and O–H groups in total. The number of aromatic nitrogens is 3. The van der Waals surface area contributed by atoms with Crippen LogP contribution in [0.3, 0.4) is 0 Å². The van der Waals surface area contributed by atoms with Crippen molar-refractivity contribution < 1.29 is 4.42 Å². The maximum Gasteiger partial charge on any atom is 0.164 e. The quantitative estimate of drug-likeness (QED) is 0.177. The molecule has 0 fully saturated rings. The SMILES string of the molecule is CC1(C)c2cccc(-c3nc(-c4ccccc4)nc(-c4cccc5oc6ccccc6c45)n3)c2-c2ccc3ccc4ccccc4c3c2C1(C)C. The fourth-order valence-corrected chi connectivity index (χ4v) is 8.45. The van der Waals surface area contributed by atoms with E-state index >= 15 is 0 Å². The van der Waals surface area contributed by atoms with Crippen molar-refractivity contribution in [3.8, 4) is 45.3 Å². The summed E-state index contributed by atoms with van der Waals surface area (Å²) in [5, 5.41) is 7.16. The van der Waals surface area contributed by atoms with Gasteiger partial charge in [0, 0.05) is 32.9 Å². The van der Waals surface area contributed by atoms with Gasteiger partial charge >= 0.3 is 0 Å². The predicted octanol–water partition coefficient (Wildman–Crippen LogP) is 12.3. The second-order valence-electron chi connectivity index (χ2n) is 14.8. The van der Waals surface area contributed by atoms with Crippen molar-refractivity contribution in [2.75, 3.05) is 0 Å². The number of furan rings is 1. The minimum atomic E-state index is -0.212. The number of para-hydroxylation sites is 1. The summed E-state index contributed by atoms with van der Waals surface area (Å²) in [5.41, 5.74) is 9.21. The normalized spacial score (nSPS) is 14.6. The van der Waals surface area contributed by atoms with Crippen molar-refractivity contribution in [1.29, 1.82) is 0 Å². The van der Waals surface area contributed by atoms with Crippen molar-refractivity contribution in [3.05, 3.63) is 151 Å². The zero-order valence-electron chi connectivity index (χ0n) is 29.0. The number of hydrogen-bond donors (Lipinski definition) is 0. The minimum absolute atomic E-state index is 0.185. The third-order valence-electron chi connectivity index (χ3n) is 11.7. The Morgan fingerprint density at radius 2 is 1.06 bits per heavy atom. The Bertz CT molecular complexity index is 2860.